The van der Waals surface area contributed by atoms with Crippen molar-refractivity contribution in [1.82, 2.24) is 5.32 Å². The largest absolute Gasteiger partial charge is 0.449 e. The van der Waals surface area contributed by atoms with Crippen LogP contribution in [0.3, 0.4) is 0 Å². The average molecular weight is 437 g/mol. The molecule has 0 unspecified atom stereocenters. The first-order chi connectivity index (χ1) is 16.1. The van der Waals surface area contributed by atoms with Crippen LogP contribution in [0.5, 0.6) is 0 Å². The summed E-state index contributed by atoms with van der Waals surface area (Å²) in [5.74, 6) is 5.66. The summed E-state index contributed by atoms with van der Waals surface area (Å²) in [6.07, 6.45) is -0.175. The minimum Gasteiger partial charge on any atom is -0.449 e. The lowest BCUT2D eigenvalue weighted by Crippen LogP contribution is -2.26. The van der Waals surface area contributed by atoms with Gasteiger partial charge in [-0.1, -0.05) is 60.4 Å². The Labute approximate surface area is 190 Å². The topological polar surface area (TPSA) is 105 Å². The highest BCUT2D eigenvalue weighted by atomic mass is 16.6. The molecule has 0 atom stereocenters. The van der Waals surface area contributed by atoms with Gasteiger partial charge in [0.1, 0.15) is 18.2 Å². The van der Waals surface area contributed by atoms with Gasteiger partial charge in [0.15, 0.2) is 0 Å². The number of carbonyl (C=O) groups excluding carboxylic acids is 1. The van der Waals surface area contributed by atoms with Gasteiger partial charge in [-0.2, -0.15) is 5.26 Å². The number of ether oxygens (including phenoxy) is 1. The van der Waals surface area contributed by atoms with Crippen LogP contribution in [0.25, 0.3) is 11.1 Å². The first kappa shape index (κ1) is 21.6. The molecule has 7 heteroatoms. The standard InChI is InChI=1S/C26H19N3O4/c27-16-19-13-12-18(15-25(19)29(31)32)7-5-6-14-28-26(30)33-17-24-22-10-3-1-8-20(22)21-9-2-4-11-23(21)24/h1-4,8-13,15,24H,6,14,17H2,(H,28,30). The SMILES string of the molecule is N#Cc1ccc(C#CCCNC(=O)OCC2c3ccccc3-c3ccccc32)cc1[N+](=O)[O-]. The predicted molar refractivity (Wildman–Crippen MR) is 122 cm³/mol. The van der Waals surface area contributed by atoms with Crippen LogP contribution in [0.4, 0.5) is 10.5 Å². The van der Waals surface area contributed by atoms with Gasteiger partial charge in [-0.15, -0.1) is 0 Å². The summed E-state index contributed by atoms with van der Waals surface area (Å²) in [6, 6.07) is 22.2. The lowest BCUT2D eigenvalue weighted by molar-refractivity contribution is -0.385. The number of fused-ring (bicyclic) bond motifs is 3. The number of nitrogens with zero attached hydrogens (tertiary/aromatic N) is 2. The zero-order chi connectivity index (χ0) is 23.2. The average Bonchev–Trinajstić information content (AvgIpc) is 3.16. The molecule has 4 rings (SSSR count). The van der Waals surface area contributed by atoms with E-state index in [9.17, 15) is 14.9 Å². The molecule has 0 saturated carbocycles. The number of alkyl carbamates (subject to hydrolysis) is 1. The molecule has 3 aromatic rings. The van der Waals surface area contributed by atoms with E-state index in [4.69, 9.17) is 10.00 Å². The van der Waals surface area contributed by atoms with Crippen LogP contribution < -0.4 is 5.32 Å². The number of nitriles is 1. The van der Waals surface area contributed by atoms with Crippen molar-refractivity contribution < 1.29 is 14.5 Å². The summed E-state index contributed by atoms with van der Waals surface area (Å²) in [7, 11) is 0. The molecule has 33 heavy (non-hydrogen) atoms. The van der Waals surface area contributed by atoms with E-state index in [0.717, 1.165) is 11.1 Å². The lowest BCUT2D eigenvalue weighted by Gasteiger charge is -2.14. The fourth-order valence-electron chi connectivity index (χ4n) is 3.90. The van der Waals surface area contributed by atoms with Crippen molar-refractivity contribution in [2.24, 2.45) is 0 Å². The third-order valence-corrected chi connectivity index (χ3v) is 5.41. The number of rotatable bonds is 5. The van der Waals surface area contributed by atoms with Crippen molar-refractivity contribution in [2.45, 2.75) is 12.3 Å². The first-order valence-electron chi connectivity index (χ1n) is 10.3. The summed E-state index contributed by atoms with van der Waals surface area (Å²) in [4.78, 5) is 22.6. The van der Waals surface area contributed by atoms with Crippen molar-refractivity contribution in [1.29, 1.82) is 5.26 Å². The first-order valence-corrected chi connectivity index (χ1v) is 10.3. The van der Waals surface area contributed by atoms with Gasteiger partial charge in [0, 0.05) is 30.5 Å². The molecule has 0 aliphatic heterocycles. The van der Waals surface area contributed by atoms with Gasteiger partial charge in [-0.3, -0.25) is 10.1 Å². The van der Waals surface area contributed by atoms with E-state index in [1.54, 1.807) is 12.1 Å². The summed E-state index contributed by atoms with van der Waals surface area (Å²) in [5.41, 5.74) is 4.77. The van der Waals surface area contributed by atoms with E-state index >= 15 is 0 Å². The van der Waals surface area contributed by atoms with E-state index in [2.05, 4.69) is 41.4 Å². The predicted octanol–water partition coefficient (Wildman–Crippen LogP) is 4.75. The van der Waals surface area contributed by atoms with E-state index in [1.807, 2.05) is 24.3 Å². The minimum absolute atomic E-state index is 0.00452. The number of amides is 1. The molecule has 0 saturated heterocycles. The van der Waals surface area contributed by atoms with Gasteiger partial charge in [-0.25, -0.2) is 4.79 Å². The van der Waals surface area contributed by atoms with Gasteiger partial charge in [-0.05, 0) is 34.4 Å². The molecule has 0 spiro atoms. The molecule has 1 aliphatic rings. The van der Waals surface area contributed by atoms with Crippen LogP contribution in [-0.2, 0) is 4.74 Å². The summed E-state index contributed by atoms with van der Waals surface area (Å²) in [5, 5.41) is 22.6. The summed E-state index contributed by atoms with van der Waals surface area (Å²) >= 11 is 0. The molecule has 1 N–H and O–H groups in total. The fraction of sp³-hybridized carbons (Fsp3) is 0.154. The molecule has 0 heterocycles. The van der Waals surface area contributed by atoms with Crippen molar-refractivity contribution in [3.63, 3.8) is 0 Å². The highest BCUT2D eigenvalue weighted by Gasteiger charge is 2.28. The molecule has 0 radical (unpaired) electrons. The van der Waals surface area contributed by atoms with Crippen LogP contribution in [0, 0.1) is 33.3 Å². The van der Waals surface area contributed by atoms with Crippen LogP contribution >= 0.6 is 0 Å². The van der Waals surface area contributed by atoms with E-state index in [1.165, 1.54) is 23.3 Å². The van der Waals surface area contributed by atoms with Crippen molar-refractivity contribution in [3.05, 3.63) is 99.1 Å². The van der Waals surface area contributed by atoms with E-state index in [0.29, 0.717) is 12.0 Å². The van der Waals surface area contributed by atoms with Crippen molar-refractivity contribution in [2.75, 3.05) is 13.2 Å². The van der Waals surface area contributed by atoms with Gasteiger partial charge < -0.3 is 10.1 Å². The number of benzene rings is 3. The Kier molecular flexibility index (Phi) is 6.33. The molecule has 7 nitrogen and oxygen atoms in total. The highest BCUT2D eigenvalue weighted by Crippen LogP contribution is 2.44. The Morgan fingerprint density at radius 1 is 1.06 bits per heavy atom. The van der Waals surface area contributed by atoms with E-state index in [-0.39, 0.29) is 30.3 Å². The number of hydrogen-bond donors (Lipinski definition) is 1. The third-order valence-electron chi connectivity index (χ3n) is 5.41. The van der Waals surface area contributed by atoms with Crippen LogP contribution in [0.1, 0.15) is 34.6 Å². The third kappa shape index (κ3) is 4.68. The Balaban J connectivity index is 1.29. The molecule has 3 aromatic carbocycles. The Hall–Kier alpha value is -4.62. The maximum absolute atomic E-state index is 12.2. The van der Waals surface area contributed by atoms with Gasteiger partial charge in [0.25, 0.3) is 5.69 Å². The van der Waals surface area contributed by atoms with Crippen molar-refractivity contribution in [3.8, 4) is 29.0 Å². The summed E-state index contributed by atoms with van der Waals surface area (Å²) in [6.45, 7) is 0.516. The Morgan fingerprint density at radius 3 is 2.36 bits per heavy atom. The second-order valence-electron chi connectivity index (χ2n) is 7.40. The number of nitro benzene ring substituents is 1. The maximum atomic E-state index is 12.2. The zero-order valence-electron chi connectivity index (χ0n) is 17.6. The van der Waals surface area contributed by atoms with Crippen LogP contribution in [0.15, 0.2) is 66.7 Å². The normalized spacial score (nSPS) is 11.4. The maximum Gasteiger partial charge on any atom is 0.407 e. The van der Waals surface area contributed by atoms with Gasteiger partial charge in [0.2, 0.25) is 0 Å². The molecular formula is C26H19N3O4. The molecule has 0 bridgehead atoms. The quantitative estimate of drug-likeness (QED) is 0.268. The molecule has 1 amide bonds. The lowest BCUT2D eigenvalue weighted by atomic mass is 9.98. The second-order valence-corrected chi connectivity index (χ2v) is 7.40. The molecular weight excluding hydrogens is 418 g/mol. The Morgan fingerprint density at radius 2 is 1.73 bits per heavy atom. The second kappa shape index (κ2) is 9.67. The molecule has 0 fully saturated rings. The number of nitro groups is 1. The zero-order valence-corrected chi connectivity index (χ0v) is 17.6. The number of nitrogens with one attached hydrogen (secondary N) is 1. The fourth-order valence-corrected chi connectivity index (χ4v) is 3.90. The highest BCUT2D eigenvalue weighted by molar-refractivity contribution is 5.79. The van der Waals surface area contributed by atoms with Gasteiger partial charge >= 0.3 is 6.09 Å². The minimum atomic E-state index is -0.609. The van der Waals surface area contributed by atoms with E-state index < -0.39 is 11.0 Å². The van der Waals surface area contributed by atoms with Crippen LogP contribution in [0.2, 0.25) is 0 Å². The van der Waals surface area contributed by atoms with Crippen LogP contribution in [-0.4, -0.2) is 24.2 Å². The number of hydrogen-bond acceptors (Lipinski definition) is 5. The van der Waals surface area contributed by atoms with Gasteiger partial charge in [0.05, 0.1) is 4.92 Å². The van der Waals surface area contributed by atoms with Crippen molar-refractivity contribution >= 4 is 11.8 Å². The monoisotopic (exact) mass is 437 g/mol. The Bertz CT molecular complexity index is 1290. The number of carbonyl (C=O) groups is 1. The molecule has 162 valence electrons. The molecule has 0 aromatic heterocycles. The smallest absolute Gasteiger partial charge is 0.407 e. The molecule has 1 aliphatic carbocycles. The summed E-state index contributed by atoms with van der Waals surface area (Å²) < 4.78 is 5.47.